The highest BCUT2D eigenvalue weighted by atomic mass is 16.8. The van der Waals surface area contributed by atoms with Gasteiger partial charge in [-0.15, -0.1) is 0 Å². The fourth-order valence-electron chi connectivity index (χ4n) is 11.8. The highest BCUT2D eigenvalue weighted by Gasteiger charge is 2.55. The first-order chi connectivity index (χ1) is 47.9. The Morgan fingerprint density at radius 2 is 0.577 bits per heavy atom. The van der Waals surface area contributed by atoms with Gasteiger partial charge in [0.1, 0.15) is 73.5 Å². The molecule has 15 heteroatoms. The third-order valence-corrected chi connectivity index (χ3v) is 17.1. The van der Waals surface area contributed by atoms with E-state index in [1.54, 1.807) is 48.5 Å². The third kappa shape index (κ3) is 23.0. The fourth-order valence-corrected chi connectivity index (χ4v) is 11.8. The molecule has 2 heterocycles. The molecule has 2 aliphatic heterocycles. The summed E-state index contributed by atoms with van der Waals surface area (Å²) >= 11 is 0. The van der Waals surface area contributed by atoms with Crippen LogP contribution in [-0.2, 0) is 91.7 Å². The number of unbranched alkanes of at least 4 members (excludes halogenated alkanes) is 8. The molecule has 2 fully saturated rings. The minimum atomic E-state index is -1.37. The standard InChI is InChI=1S/C82H94O15/c1-3-5-7-9-29-51-85-69-47-43-67(44-48-69)79(83)93-59-71-73(87-53-61-31-17-11-18-32-61)75(89-55-63-35-21-13-22-36-63)77(91-57-65-39-25-15-26-40-65)81(95-71)97-82-78(92-58-66-41-27-16-28-42-66)76(90-56-64-37-23-14-24-38-64)74(88-54-62-33-19-12-20-34-62)72(96-82)60-94-80(84)68-45-49-70(50-46-68)86-52-30-10-8-6-4-2/h11-28,31-50,71-78,81-82H,3-10,29-30,51-60H2,1-2H3. The number of ether oxygens (including phenoxy) is 13. The fraction of sp³-hybridized carbons (Fsp3) is 0.390. The van der Waals surface area contributed by atoms with E-state index in [4.69, 9.17) is 61.6 Å². The van der Waals surface area contributed by atoms with Crippen LogP contribution in [0.4, 0.5) is 0 Å². The van der Waals surface area contributed by atoms with Gasteiger partial charge in [-0.05, 0) is 94.8 Å². The maximum atomic E-state index is 14.3. The van der Waals surface area contributed by atoms with E-state index in [0.29, 0.717) is 35.8 Å². The van der Waals surface area contributed by atoms with Crippen LogP contribution in [0.1, 0.15) is 132 Å². The maximum Gasteiger partial charge on any atom is 0.338 e. The maximum absolute atomic E-state index is 14.3. The molecular weight excluding hydrogens is 1220 g/mol. The second-order valence-electron chi connectivity index (χ2n) is 24.6. The van der Waals surface area contributed by atoms with Crippen LogP contribution < -0.4 is 9.47 Å². The van der Waals surface area contributed by atoms with E-state index in [1.807, 2.05) is 182 Å². The van der Waals surface area contributed by atoms with Crippen LogP contribution in [0.15, 0.2) is 231 Å². The molecule has 512 valence electrons. The molecule has 10 atom stereocenters. The molecule has 97 heavy (non-hydrogen) atoms. The topological polar surface area (TPSA) is 154 Å². The van der Waals surface area contributed by atoms with E-state index in [-0.39, 0.29) is 52.9 Å². The van der Waals surface area contributed by atoms with Crippen molar-refractivity contribution in [3.63, 3.8) is 0 Å². The Labute approximate surface area is 572 Å². The molecule has 10 unspecified atom stereocenters. The van der Waals surface area contributed by atoms with Crippen molar-refractivity contribution >= 4 is 11.9 Å². The van der Waals surface area contributed by atoms with Crippen LogP contribution in [0, 0.1) is 0 Å². The second kappa shape index (κ2) is 40.0. The zero-order valence-corrected chi connectivity index (χ0v) is 56.0. The number of rotatable bonds is 40. The molecule has 0 radical (unpaired) electrons. The van der Waals surface area contributed by atoms with Gasteiger partial charge in [0, 0.05) is 0 Å². The summed E-state index contributed by atoms with van der Waals surface area (Å²) in [7, 11) is 0. The Bertz CT molecular complexity index is 3210. The number of hydrogen-bond donors (Lipinski definition) is 0. The molecule has 8 aromatic carbocycles. The Morgan fingerprint density at radius 1 is 0.309 bits per heavy atom. The zero-order valence-electron chi connectivity index (χ0n) is 56.0. The molecule has 0 aromatic heterocycles. The van der Waals surface area contributed by atoms with Gasteiger partial charge in [-0.25, -0.2) is 9.59 Å². The van der Waals surface area contributed by atoms with Gasteiger partial charge < -0.3 is 61.6 Å². The number of esters is 2. The lowest BCUT2D eigenvalue weighted by atomic mass is 9.96. The number of hydrogen-bond acceptors (Lipinski definition) is 15. The van der Waals surface area contributed by atoms with E-state index < -0.39 is 73.4 Å². The van der Waals surface area contributed by atoms with Crippen molar-refractivity contribution in [3.05, 3.63) is 275 Å². The SMILES string of the molecule is CCCCCCCOc1ccc(C(=O)OCC2OC(OC3OC(COC(=O)c4ccc(OCCCCCCC)cc4)C(OCc4ccccc4)C(OCc4ccccc4)C3OCc3ccccc3)C(OCc3ccccc3)C(OCc3ccccc3)C2OCc2ccccc2)cc1. The molecule has 2 aliphatic rings. The summed E-state index contributed by atoms with van der Waals surface area (Å²) in [6.45, 7) is 5.72. The van der Waals surface area contributed by atoms with Crippen LogP contribution >= 0.6 is 0 Å². The number of carbonyl (C=O) groups excluding carboxylic acids is 2. The average molecular weight is 1320 g/mol. The van der Waals surface area contributed by atoms with E-state index >= 15 is 0 Å². The van der Waals surface area contributed by atoms with Crippen LogP contribution in [0.2, 0.25) is 0 Å². The summed E-state index contributed by atoms with van der Waals surface area (Å²) in [5.74, 6) is 0.152. The van der Waals surface area contributed by atoms with Crippen molar-refractivity contribution in [3.8, 4) is 11.5 Å². The van der Waals surface area contributed by atoms with Crippen LogP contribution in [0.25, 0.3) is 0 Å². The van der Waals surface area contributed by atoms with Gasteiger partial charge in [-0.2, -0.15) is 0 Å². The van der Waals surface area contributed by atoms with Gasteiger partial charge in [-0.3, -0.25) is 0 Å². The smallest absolute Gasteiger partial charge is 0.338 e. The molecule has 2 saturated heterocycles. The second-order valence-corrected chi connectivity index (χ2v) is 24.6. The summed E-state index contributed by atoms with van der Waals surface area (Å²) in [5.41, 5.74) is 5.95. The molecule has 0 bridgehead atoms. The lowest BCUT2D eigenvalue weighted by Crippen LogP contribution is -2.66. The van der Waals surface area contributed by atoms with Crippen LogP contribution in [-0.4, -0.2) is 99.8 Å². The molecule has 0 N–H and O–H groups in total. The van der Waals surface area contributed by atoms with Crippen molar-refractivity contribution in [1.29, 1.82) is 0 Å². The van der Waals surface area contributed by atoms with Crippen LogP contribution in [0.3, 0.4) is 0 Å². The minimum Gasteiger partial charge on any atom is -0.494 e. The highest BCUT2D eigenvalue weighted by Crippen LogP contribution is 2.37. The largest absolute Gasteiger partial charge is 0.494 e. The minimum absolute atomic E-state index is 0.103. The van der Waals surface area contributed by atoms with E-state index in [0.717, 1.165) is 59.1 Å². The van der Waals surface area contributed by atoms with Crippen molar-refractivity contribution < 1.29 is 71.2 Å². The third-order valence-electron chi connectivity index (χ3n) is 17.1. The van der Waals surface area contributed by atoms with Gasteiger partial charge in [0.2, 0.25) is 0 Å². The Balaban J connectivity index is 1.02. The average Bonchev–Trinajstić information content (AvgIpc) is 0.821. The quantitative estimate of drug-likeness (QED) is 0.0264. The van der Waals surface area contributed by atoms with Gasteiger partial charge in [0.15, 0.2) is 12.6 Å². The molecule has 10 rings (SSSR count). The number of carbonyl (C=O) groups is 2. The van der Waals surface area contributed by atoms with Gasteiger partial charge in [0.25, 0.3) is 0 Å². The summed E-state index contributed by atoms with van der Waals surface area (Å²) in [5, 5.41) is 0. The molecule has 0 spiro atoms. The highest BCUT2D eigenvalue weighted by molar-refractivity contribution is 5.90. The van der Waals surface area contributed by atoms with E-state index in [9.17, 15) is 9.59 Å². The molecule has 0 saturated carbocycles. The van der Waals surface area contributed by atoms with Crippen molar-refractivity contribution in [2.24, 2.45) is 0 Å². The predicted octanol–water partition coefficient (Wildman–Crippen LogP) is 16.4. The molecule has 0 aliphatic carbocycles. The van der Waals surface area contributed by atoms with E-state index in [1.165, 1.54) is 38.5 Å². The summed E-state index contributed by atoms with van der Waals surface area (Å²) in [6, 6.07) is 72.8. The monoisotopic (exact) mass is 1320 g/mol. The van der Waals surface area contributed by atoms with Crippen molar-refractivity contribution in [1.82, 2.24) is 0 Å². The first-order valence-electron chi connectivity index (χ1n) is 34.6. The Kier molecular flexibility index (Phi) is 29.6. The van der Waals surface area contributed by atoms with Crippen molar-refractivity contribution in [2.75, 3.05) is 26.4 Å². The molecular formula is C82H94O15. The first-order valence-corrected chi connectivity index (χ1v) is 34.6. The molecule has 0 amide bonds. The lowest BCUT2D eigenvalue weighted by molar-refractivity contribution is -0.393. The van der Waals surface area contributed by atoms with Gasteiger partial charge in [0.05, 0.1) is 64.0 Å². The zero-order chi connectivity index (χ0) is 66.9. The Morgan fingerprint density at radius 3 is 0.866 bits per heavy atom. The normalized spacial score (nSPS) is 20.8. The first kappa shape index (κ1) is 71.7. The van der Waals surface area contributed by atoms with Gasteiger partial charge >= 0.3 is 11.9 Å². The number of benzene rings is 8. The predicted molar refractivity (Wildman–Crippen MR) is 370 cm³/mol. The summed E-state index contributed by atoms with van der Waals surface area (Å²) < 4.78 is 89.2. The Hall–Kier alpha value is -8.06. The van der Waals surface area contributed by atoms with E-state index in [2.05, 4.69) is 13.8 Å². The van der Waals surface area contributed by atoms with Crippen LogP contribution in [0.5, 0.6) is 11.5 Å². The van der Waals surface area contributed by atoms with Crippen molar-refractivity contribution in [2.45, 2.75) is 179 Å². The summed E-state index contributed by atoms with van der Waals surface area (Å²) in [4.78, 5) is 28.7. The summed E-state index contributed by atoms with van der Waals surface area (Å²) in [6.07, 6.45) is 0.347. The molecule has 15 nitrogen and oxygen atoms in total. The van der Waals surface area contributed by atoms with Gasteiger partial charge in [-0.1, -0.05) is 247 Å². The lowest BCUT2D eigenvalue weighted by Gasteiger charge is -2.49. The molecule has 8 aromatic rings.